The van der Waals surface area contributed by atoms with E-state index in [0.717, 1.165) is 16.7 Å². The molecule has 4 aromatic heterocycles. The average Bonchev–Trinajstić information content (AvgIpc) is 2.90. The van der Waals surface area contributed by atoms with E-state index in [1.807, 2.05) is 0 Å². The standard InChI is InChI=1S/C27H23F6N5O/c1-15-13-36-21-12-18(16-6-8-17(9-7-16)23-20(27(31,32)33)5-3-11-35-23)25(39)38(24(21)37-15)14-22-19(26(28,29)30)4-2-10-34-22/h2-5,10-13,16-17H,6-9,14H2,1H3/t16-,17-. The van der Waals surface area contributed by atoms with Crippen LogP contribution in [-0.4, -0.2) is 24.5 Å². The number of halogens is 6. The highest BCUT2D eigenvalue weighted by atomic mass is 19.4. The lowest BCUT2D eigenvalue weighted by molar-refractivity contribution is -0.139. The molecule has 4 aromatic rings. The monoisotopic (exact) mass is 547 g/mol. The van der Waals surface area contributed by atoms with Crippen LogP contribution in [0.4, 0.5) is 26.3 Å². The van der Waals surface area contributed by atoms with Gasteiger partial charge in [0.05, 0.1) is 34.8 Å². The third-order valence-electron chi connectivity index (χ3n) is 7.14. The number of aryl methyl sites for hydroxylation is 1. The molecule has 0 bridgehead atoms. The first-order valence-electron chi connectivity index (χ1n) is 12.3. The third-order valence-corrected chi connectivity index (χ3v) is 7.14. The Morgan fingerprint density at radius 2 is 1.49 bits per heavy atom. The maximum atomic E-state index is 13.7. The number of alkyl halides is 6. The fourth-order valence-corrected chi connectivity index (χ4v) is 5.31. The number of nitrogens with zero attached hydrogens (tertiary/aromatic N) is 5. The van der Waals surface area contributed by atoms with E-state index in [4.69, 9.17) is 0 Å². The predicted octanol–water partition coefficient (Wildman–Crippen LogP) is 6.42. The highest BCUT2D eigenvalue weighted by Gasteiger charge is 2.38. The van der Waals surface area contributed by atoms with Gasteiger partial charge in [-0.25, -0.2) is 4.98 Å². The van der Waals surface area contributed by atoms with Crippen LogP contribution in [0.5, 0.6) is 0 Å². The van der Waals surface area contributed by atoms with Gasteiger partial charge in [0.15, 0.2) is 5.65 Å². The Hall–Kier alpha value is -3.83. The quantitative estimate of drug-likeness (QED) is 0.276. The van der Waals surface area contributed by atoms with E-state index >= 15 is 0 Å². The minimum Gasteiger partial charge on any atom is -0.285 e. The zero-order valence-corrected chi connectivity index (χ0v) is 20.7. The van der Waals surface area contributed by atoms with Crippen molar-refractivity contribution in [2.45, 2.75) is 63.3 Å². The number of rotatable bonds is 4. The molecule has 0 amide bonds. The van der Waals surface area contributed by atoms with Gasteiger partial charge in [-0.2, -0.15) is 26.3 Å². The van der Waals surface area contributed by atoms with Crippen LogP contribution in [0.3, 0.4) is 0 Å². The van der Waals surface area contributed by atoms with E-state index < -0.39 is 41.5 Å². The normalized spacial score (nSPS) is 18.4. The van der Waals surface area contributed by atoms with Crippen LogP contribution >= 0.6 is 0 Å². The van der Waals surface area contributed by atoms with Crippen molar-refractivity contribution in [3.63, 3.8) is 0 Å². The minimum atomic E-state index is -4.67. The zero-order valence-electron chi connectivity index (χ0n) is 20.7. The largest absolute Gasteiger partial charge is 0.418 e. The molecule has 39 heavy (non-hydrogen) atoms. The molecule has 0 saturated heterocycles. The van der Waals surface area contributed by atoms with Gasteiger partial charge < -0.3 is 0 Å². The minimum absolute atomic E-state index is 0.00412. The number of aromatic nitrogens is 5. The van der Waals surface area contributed by atoms with Crippen molar-refractivity contribution in [3.05, 3.63) is 93.0 Å². The van der Waals surface area contributed by atoms with Crippen LogP contribution in [-0.2, 0) is 18.9 Å². The molecular formula is C27H23F6N5O. The summed E-state index contributed by atoms with van der Waals surface area (Å²) in [6.07, 6.45) is -3.55. The number of fused-ring (bicyclic) bond motifs is 1. The highest BCUT2D eigenvalue weighted by Crippen LogP contribution is 2.43. The Bertz CT molecular complexity index is 1570. The summed E-state index contributed by atoms with van der Waals surface area (Å²) < 4.78 is 82.7. The molecule has 0 radical (unpaired) electrons. The molecule has 5 rings (SSSR count). The molecule has 6 nitrogen and oxygen atoms in total. The smallest absolute Gasteiger partial charge is 0.285 e. The van der Waals surface area contributed by atoms with Gasteiger partial charge in [-0.05, 0) is 68.9 Å². The SMILES string of the molecule is Cc1cnc2cc([C@H]3CC[C@H](c4ncccc4C(F)(F)F)CC3)c(=O)n(Cc3ncccc3C(F)(F)F)c2n1. The topological polar surface area (TPSA) is 73.6 Å². The Balaban J connectivity index is 1.51. The molecule has 1 aliphatic carbocycles. The second-order valence-electron chi connectivity index (χ2n) is 9.69. The van der Waals surface area contributed by atoms with Gasteiger partial charge in [0.25, 0.3) is 5.56 Å². The summed E-state index contributed by atoms with van der Waals surface area (Å²) in [4.78, 5) is 30.4. The number of hydrogen-bond donors (Lipinski definition) is 0. The molecule has 4 heterocycles. The average molecular weight is 548 g/mol. The summed E-state index contributed by atoms with van der Waals surface area (Å²) in [5, 5.41) is 0. The molecule has 0 spiro atoms. The highest BCUT2D eigenvalue weighted by molar-refractivity contribution is 5.71. The Morgan fingerprint density at radius 1 is 0.872 bits per heavy atom. The van der Waals surface area contributed by atoms with Crippen LogP contribution in [0.15, 0.2) is 53.7 Å². The third kappa shape index (κ3) is 5.37. The summed E-state index contributed by atoms with van der Waals surface area (Å²) >= 11 is 0. The van der Waals surface area contributed by atoms with Crippen molar-refractivity contribution >= 4 is 11.2 Å². The van der Waals surface area contributed by atoms with Gasteiger partial charge >= 0.3 is 12.4 Å². The van der Waals surface area contributed by atoms with Gasteiger partial charge in [-0.1, -0.05) is 0 Å². The first kappa shape index (κ1) is 26.8. The van der Waals surface area contributed by atoms with E-state index in [9.17, 15) is 31.1 Å². The molecule has 0 N–H and O–H groups in total. The molecule has 0 unspecified atom stereocenters. The van der Waals surface area contributed by atoms with Crippen molar-refractivity contribution < 1.29 is 26.3 Å². The van der Waals surface area contributed by atoms with Gasteiger partial charge in [0.1, 0.15) is 5.52 Å². The lowest BCUT2D eigenvalue weighted by atomic mass is 9.77. The van der Waals surface area contributed by atoms with Gasteiger partial charge in [-0.15, -0.1) is 0 Å². The first-order valence-corrected chi connectivity index (χ1v) is 12.3. The van der Waals surface area contributed by atoms with Crippen molar-refractivity contribution in [2.24, 2.45) is 0 Å². The van der Waals surface area contributed by atoms with E-state index in [1.54, 1.807) is 13.0 Å². The molecule has 1 saturated carbocycles. The van der Waals surface area contributed by atoms with Gasteiger partial charge in [0, 0.05) is 30.1 Å². The van der Waals surface area contributed by atoms with E-state index in [2.05, 4.69) is 19.9 Å². The van der Waals surface area contributed by atoms with Gasteiger partial charge in [0.2, 0.25) is 0 Å². The maximum Gasteiger partial charge on any atom is 0.418 e. The second kappa shape index (κ2) is 10.0. The summed E-state index contributed by atoms with van der Waals surface area (Å²) in [5.41, 5.74) is -1.25. The predicted molar refractivity (Wildman–Crippen MR) is 130 cm³/mol. The van der Waals surface area contributed by atoms with Crippen LogP contribution in [0.1, 0.15) is 71.3 Å². The van der Waals surface area contributed by atoms with Crippen LogP contribution in [0, 0.1) is 6.92 Å². The first-order chi connectivity index (χ1) is 18.4. The zero-order chi connectivity index (χ0) is 27.9. The Labute approximate surface area is 218 Å². The second-order valence-corrected chi connectivity index (χ2v) is 9.69. The molecule has 0 aliphatic heterocycles. The van der Waals surface area contributed by atoms with Crippen molar-refractivity contribution in [1.29, 1.82) is 0 Å². The summed E-state index contributed by atoms with van der Waals surface area (Å²) in [6.45, 7) is 1.19. The van der Waals surface area contributed by atoms with Crippen molar-refractivity contribution in [2.75, 3.05) is 0 Å². The molecule has 1 fully saturated rings. The van der Waals surface area contributed by atoms with Crippen LogP contribution in [0.25, 0.3) is 11.2 Å². The Kier molecular flexibility index (Phi) is 6.90. The molecule has 204 valence electrons. The number of hydrogen-bond acceptors (Lipinski definition) is 5. The van der Waals surface area contributed by atoms with E-state index in [0.29, 0.717) is 42.5 Å². The Morgan fingerprint density at radius 3 is 2.15 bits per heavy atom. The maximum absolute atomic E-state index is 13.7. The van der Waals surface area contributed by atoms with E-state index in [1.165, 1.54) is 30.7 Å². The molecular weight excluding hydrogens is 524 g/mol. The summed E-state index contributed by atoms with van der Waals surface area (Å²) in [6, 6.07) is 5.95. The lowest BCUT2D eigenvalue weighted by Crippen LogP contribution is -2.29. The van der Waals surface area contributed by atoms with Crippen molar-refractivity contribution in [3.8, 4) is 0 Å². The molecule has 1 aliphatic rings. The van der Waals surface area contributed by atoms with Crippen LogP contribution < -0.4 is 5.56 Å². The van der Waals surface area contributed by atoms with Crippen LogP contribution in [0.2, 0.25) is 0 Å². The fourth-order valence-electron chi connectivity index (χ4n) is 5.31. The van der Waals surface area contributed by atoms with Crippen molar-refractivity contribution in [1.82, 2.24) is 24.5 Å². The summed E-state index contributed by atoms with van der Waals surface area (Å²) in [5.74, 6) is -0.733. The summed E-state index contributed by atoms with van der Waals surface area (Å²) in [7, 11) is 0. The number of pyridine rings is 3. The molecule has 12 heteroatoms. The molecule has 0 aromatic carbocycles. The van der Waals surface area contributed by atoms with E-state index in [-0.39, 0.29) is 23.0 Å². The lowest BCUT2D eigenvalue weighted by Gasteiger charge is -2.29. The fraction of sp³-hybridized carbons (Fsp3) is 0.370. The molecule has 0 atom stereocenters. The van der Waals surface area contributed by atoms with Gasteiger partial charge in [-0.3, -0.25) is 24.3 Å².